The lowest BCUT2D eigenvalue weighted by atomic mass is 10.3. The molecule has 6 heteroatoms. The maximum Gasteiger partial charge on any atom is 0.319 e. The fraction of sp³-hybridized carbons (Fsp3) is 0.818. The molecular weight excluding hydrogens is 222 g/mol. The molecule has 1 N–H and O–H groups in total. The Bertz CT molecular complexity index is 294. The van der Waals surface area contributed by atoms with Crippen molar-refractivity contribution in [3.63, 3.8) is 0 Å². The molecule has 1 unspecified atom stereocenters. The van der Waals surface area contributed by atoms with Crippen LogP contribution in [0.5, 0.6) is 0 Å². The van der Waals surface area contributed by atoms with Crippen molar-refractivity contribution in [2.75, 3.05) is 32.8 Å². The van der Waals surface area contributed by atoms with E-state index in [2.05, 4.69) is 5.32 Å². The number of nitrogens with one attached hydrogen (secondary N) is 1. The van der Waals surface area contributed by atoms with Crippen LogP contribution in [-0.4, -0.2) is 60.8 Å². The van der Waals surface area contributed by atoms with Crippen molar-refractivity contribution in [3.05, 3.63) is 0 Å². The highest BCUT2D eigenvalue weighted by Gasteiger charge is 2.25. The van der Waals surface area contributed by atoms with E-state index >= 15 is 0 Å². The summed E-state index contributed by atoms with van der Waals surface area (Å²) in [7, 11) is 0. The summed E-state index contributed by atoms with van der Waals surface area (Å²) in [6.07, 6.45) is 1.76. The molecule has 17 heavy (non-hydrogen) atoms. The number of amides is 3. The number of ether oxygens (including phenoxy) is 1. The van der Waals surface area contributed by atoms with Crippen LogP contribution < -0.4 is 5.32 Å². The molecule has 6 nitrogen and oxygen atoms in total. The van der Waals surface area contributed by atoms with Crippen molar-refractivity contribution in [3.8, 4) is 0 Å². The van der Waals surface area contributed by atoms with Gasteiger partial charge in [0.1, 0.15) is 6.23 Å². The summed E-state index contributed by atoms with van der Waals surface area (Å²) in [6, 6.07) is -0.0832. The molecule has 0 spiro atoms. The van der Waals surface area contributed by atoms with Crippen LogP contribution >= 0.6 is 0 Å². The fourth-order valence-corrected chi connectivity index (χ4v) is 2.14. The Labute approximate surface area is 101 Å². The van der Waals surface area contributed by atoms with Crippen molar-refractivity contribution < 1.29 is 14.3 Å². The van der Waals surface area contributed by atoms with Gasteiger partial charge in [0, 0.05) is 39.7 Å². The predicted molar refractivity (Wildman–Crippen MR) is 61.3 cm³/mol. The van der Waals surface area contributed by atoms with Crippen molar-refractivity contribution in [1.29, 1.82) is 0 Å². The van der Waals surface area contributed by atoms with Gasteiger partial charge in [-0.05, 0) is 12.8 Å². The molecule has 1 atom stereocenters. The Hall–Kier alpha value is -1.30. The minimum atomic E-state index is -0.131. The molecule has 0 aromatic heterocycles. The van der Waals surface area contributed by atoms with Gasteiger partial charge in [0.2, 0.25) is 5.91 Å². The quantitative estimate of drug-likeness (QED) is 0.702. The molecular formula is C11H19N3O3. The SMILES string of the molecule is CC(=O)N1CCN(C(=O)NC2CCCO2)CC1. The molecule has 2 rings (SSSR count). The van der Waals surface area contributed by atoms with E-state index in [9.17, 15) is 9.59 Å². The van der Waals surface area contributed by atoms with Gasteiger partial charge in [-0.25, -0.2) is 4.79 Å². The number of carbonyl (C=O) groups excluding carboxylic acids is 2. The highest BCUT2D eigenvalue weighted by atomic mass is 16.5. The van der Waals surface area contributed by atoms with E-state index in [0.717, 1.165) is 19.4 Å². The normalized spacial score (nSPS) is 24.9. The van der Waals surface area contributed by atoms with Crippen LogP contribution in [-0.2, 0) is 9.53 Å². The van der Waals surface area contributed by atoms with E-state index < -0.39 is 0 Å². The number of rotatable bonds is 1. The van der Waals surface area contributed by atoms with Gasteiger partial charge in [0.25, 0.3) is 0 Å². The van der Waals surface area contributed by atoms with E-state index in [1.165, 1.54) is 0 Å². The number of nitrogens with zero attached hydrogens (tertiary/aromatic N) is 2. The molecule has 0 aromatic rings. The molecule has 0 bridgehead atoms. The average molecular weight is 241 g/mol. The minimum Gasteiger partial charge on any atom is -0.358 e. The number of hydrogen-bond acceptors (Lipinski definition) is 3. The maximum absolute atomic E-state index is 11.9. The summed E-state index contributed by atoms with van der Waals surface area (Å²) in [4.78, 5) is 26.5. The maximum atomic E-state index is 11.9. The topological polar surface area (TPSA) is 61.9 Å². The van der Waals surface area contributed by atoms with E-state index in [4.69, 9.17) is 4.74 Å². The van der Waals surface area contributed by atoms with Gasteiger partial charge in [0.05, 0.1) is 0 Å². The first-order valence-corrected chi connectivity index (χ1v) is 6.09. The van der Waals surface area contributed by atoms with Gasteiger partial charge < -0.3 is 19.9 Å². The van der Waals surface area contributed by atoms with Crippen LogP contribution in [0.25, 0.3) is 0 Å². The molecule has 0 aromatic carbocycles. The lowest BCUT2D eigenvalue weighted by Gasteiger charge is -2.34. The van der Waals surface area contributed by atoms with Gasteiger partial charge in [-0.2, -0.15) is 0 Å². The van der Waals surface area contributed by atoms with Crippen molar-refractivity contribution in [1.82, 2.24) is 15.1 Å². The monoisotopic (exact) mass is 241 g/mol. The highest BCUT2D eigenvalue weighted by Crippen LogP contribution is 2.10. The minimum absolute atomic E-state index is 0.0733. The van der Waals surface area contributed by atoms with Crippen molar-refractivity contribution in [2.24, 2.45) is 0 Å². The summed E-state index contributed by atoms with van der Waals surface area (Å²) in [5.74, 6) is 0.0733. The number of piperazine rings is 1. The van der Waals surface area contributed by atoms with Crippen LogP contribution in [0, 0.1) is 0 Å². The van der Waals surface area contributed by atoms with E-state index in [1.807, 2.05) is 0 Å². The van der Waals surface area contributed by atoms with Gasteiger partial charge in [-0.1, -0.05) is 0 Å². The molecule has 0 saturated carbocycles. The summed E-state index contributed by atoms with van der Waals surface area (Å²) < 4.78 is 5.35. The lowest BCUT2D eigenvalue weighted by molar-refractivity contribution is -0.130. The second-order valence-corrected chi connectivity index (χ2v) is 4.44. The zero-order valence-electron chi connectivity index (χ0n) is 10.1. The van der Waals surface area contributed by atoms with E-state index in [1.54, 1.807) is 16.7 Å². The number of carbonyl (C=O) groups is 2. The lowest BCUT2D eigenvalue weighted by Crippen LogP contribution is -2.54. The zero-order chi connectivity index (χ0) is 12.3. The first kappa shape index (κ1) is 12.2. The van der Waals surface area contributed by atoms with Gasteiger partial charge in [-0.15, -0.1) is 0 Å². The third kappa shape index (κ3) is 3.09. The van der Waals surface area contributed by atoms with E-state index in [0.29, 0.717) is 26.2 Å². The number of hydrogen-bond donors (Lipinski definition) is 1. The van der Waals surface area contributed by atoms with Crippen LogP contribution in [0.2, 0.25) is 0 Å². The third-order valence-corrected chi connectivity index (χ3v) is 3.23. The average Bonchev–Trinajstić information content (AvgIpc) is 2.82. The zero-order valence-corrected chi connectivity index (χ0v) is 10.1. The summed E-state index contributed by atoms with van der Waals surface area (Å²) in [6.45, 7) is 4.71. The molecule has 96 valence electrons. The van der Waals surface area contributed by atoms with Crippen LogP contribution in [0.15, 0.2) is 0 Å². The molecule has 2 aliphatic heterocycles. The van der Waals surface area contributed by atoms with Gasteiger partial charge >= 0.3 is 6.03 Å². The summed E-state index contributed by atoms with van der Waals surface area (Å²) >= 11 is 0. The van der Waals surface area contributed by atoms with Crippen molar-refractivity contribution in [2.45, 2.75) is 26.0 Å². The highest BCUT2D eigenvalue weighted by molar-refractivity contribution is 5.76. The molecule has 2 fully saturated rings. The van der Waals surface area contributed by atoms with E-state index in [-0.39, 0.29) is 18.2 Å². The molecule has 0 radical (unpaired) electrons. The third-order valence-electron chi connectivity index (χ3n) is 3.23. The number of urea groups is 1. The smallest absolute Gasteiger partial charge is 0.319 e. The molecule has 0 aliphatic carbocycles. The predicted octanol–water partition coefficient (Wildman–Crippen LogP) is -0.00340. The summed E-state index contributed by atoms with van der Waals surface area (Å²) in [5.41, 5.74) is 0. The van der Waals surface area contributed by atoms with Crippen LogP contribution in [0.4, 0.5) is 4.79 Å². The van der Waals surface area contributed by atoms with Gasteiger partial charge in [0.15, 0.2) is 0 Å². The Morgan fingerprint density at radius 2 is 1.82 bits per heavy atom. The Balaban J connectivity index is 1.75. The second-order valence-electron chi connectivity index (χ2n) is 4.44. The van der Waals surface area contributed by atoms with Crippen molar-refractivity contribution >= 4 is 11.9 Å². The molecule has 3 amide bonds. The first-order valence-electron chi connectivity index (χ1n) is 6.09. The van der Waals surface area contributed by atoms with Crippen LogP contribution in [0.1, 0.15) is 19.8 Å². The Morgan fingerprint density at radius 1 is 1.18 bits per heavy atom. The standard InChI is InChI=1S/C11H19N3O3/c1-9(15)13-4-6-14(7-5-13)11(16)12-10-3-2-8-17-10/h10H,2-8H2,1H3,(H,12,16). The largest absolute Gasteiger partial charge is 0.358 e. The molecule has 2 heterocycles. The fourth-order valence-electron chi connectivity index (χ4n) is 2.14. The second kappa shape index (κ2) is 5.35. The van der Waals surface area contributed by atoms with Crippen LogP contribution in [0.3, 0.4) is 0 Å². The van der Waals surface area contributed by atoms with Gasteiger partial charge in [-0.3, -0.25) is 4.79 Å². The first-order chi connectivity index (χ1) is 8.16. The Morgan fingerprint density at radius 3 is 2.35 bits per heavy atom. The molecule has 2 aliphatic rings. The Kier molecular flexibility index (Phi) is 3.83. The summed E-state index contributed by atoms with van der Waals surface area (Å²) in [5, 5.41) is 2.85. The molecule has 2 saturated heterocycles.